The van der Waals surface area contributed by atoms with Crippen molar-refractivity contribution in [2.24, 2.45) is 0 Å². The first kappa shape index (κ1) is 23.8. The predicted octanol–water partition coefficient (Wildman–Crippen LogP) is 9.65. The van der Waals surface area contributed by atoms with Gasteiger partial charge in [0.05, 0.1) is 11.3 Å². The predicted molar refractivity (Wildman–Crippen MR) is 146 cm³/mol. The summed E-state index contributed by atoms with van der Waals surface area (Å²) >= 11 is 0. The Bertz CT molecular complexity index is 965. The van der Waals surface area contributed by atoms with Crippen LogP contribution in [0.1, 0.15) is 76.8 Å². The molecular formula is C29H39NP2. The molecule has 3 aromatic rings. The first-order valence-corrected chi connectivity index (χ1v) is 15.5. The third-order valence-corrected chi connectivity index (χ3v) is 16.3. The highest BCUT2D eigenvalue weighted by Crippen LogP contribution is 2.87. The summed E-state index contributed by atoms with van der Waals surface area (Å²) in [6.45, 7) is 18.3. The fourth-order valence-corrected chi connectivity index (χ4v) is 15.3. The average molecular weight is 464 g/mol. The molecule has 0 aliphatic carbocycles. The lowest BCUT2D eigenvalue weighted by Gasteiger charge is -2.46. The molecule has 1 aliphatic heterocycles. The molecule has 1 fully saturated rings. The zero-order valence-electron chi connectivity index (χ0n) is 20.5. The molecule has 0 unspecified atom stereocenters. The van der Waals surface area contributed by atoms with Gasteiger partial charge in [-0.15, -0.1) is 0 Å². The molecule has 1 aromatic heterocycles. The Balaban J connectivity index is 1.93. The monoisotopic (exact) mass is 463 g/mol. The normalized spacial score (nSPS) is 20.2. The van der Waals surface area contributed by atoms with Crippen LogP contribution in [-0.2, 0) is 0 Å². The maximum Gasteiger partial charge on any atom is 0.0849 e. The van der Waals surface area contributed by atoms with Gasteiger partial charge >= 0.3 is 0 Å². The number of hydrogen-bond donors (Lipinski definition) is 0. The maximum atomic E-state index is 5.31. The van der Waals surface area contributed by atoms with Gasteiger partial charge in [-0.3, -0.25) is 0 Å². The van der Waals surface area contributed by atoms with Gasteiger partial charge in [0, 0.05) is 6.54 Å². The van der Waals surface area contributed by atoms with Crippen LogP contribution in [0.15, 0.2) is 60.7 Å². The smallest absolute Gasteiger partial charge is 0.0849 e. The standard InChI is InChI=1S/C29H39NP2/c1-7-8-21-30(31-24(4)22(2)23(3)25(31)5)32(6)28(26-15-11-9-12-16-26)19-20-29(32)27-17-13-10-14-18-27/h9-18,28-29H,6-8,19-21H2,1-5H3/t28-,29-/m0/s1. The Morgan fingerprint density at radius 3 is 1.66 bits per heavy atom. The van der Waals surface area contributed by atoms with Gasteiger partial charge in [-0.1, -0.05) is 74.0 Å². The Morgan fingerprint density at radius 1 is 0.812 bits per heavy atom. The third kappa shape index (κ3) is 4.03. The molecule has 1 nitrogen and oxygen atoms in total. The van der Waals surface area contributed by atoms with E-state index in [4.69, 9.17) is 6.66 Å². The van der Waals surface area contributed by atoms with Crippen LogP contribution in [0.25, 0.3) is 0 Å². The molecule has 32 heavy (non-hydrogen) atoms. The minimum absolute atomic E-state index is 0.435. The number of rotatable bonds is 7. The zero-order valence-corrected chi connectivity index (χ0v) is 22.3. The minimum atomic E-state index is -1.76. The van der Waals surface area contributed by atoms with Crippen LogP contribution < -0.4 is 4.44 Å². The lowest BCUT2D eigenvalue weighted by molar-refractivity contribution is 0.765. The second kappa shape index (κ2) is 9.85. The third-order valence-electron chi connectivity index (χ3n) is 7.82. The highest BCUT2D eigenvalue weighted by Gasteiger charge is 2.54. The van der Waals surface area contributed by atoms with Crippen molar-refractivity contribution >= 4 is 15.1 Å². The highest BCUT2D eigenvalue weighted by molar-refractivity contribution is 7.87. The molecule has 2 atom stereocenters. The number of hydrogen-bond acceptors (Lipinski definition) is 1. The maximum absolute atomic E-state index is 5.31. The van der Waals surface area contributed by atoms with E-state index in [0.717, 1.165) is 0 Å². The largest absolute Gasteiger partial charge is 0.165 e. The summed E-state index contributed by atoms with van der Waals surface area (Å²) < 4.78 is 3.00. The van der Waals surface area contributed by atoms with E-state index in [2.05, 4.69) is 99.7 Å². The Labute approximate surface area is 197 Å². The van der Waals surface area contributed by atoms with Crippen LogP contribution in [0, 0.1) is 34.4 Å². The molecule has 0 bridgehead atoms. The lowest BCUT2D eigenvalue weighted by atomic mass is 10.0. The van der Waals surface area contributed by atoms with Crippen molar-refractivity contribution < 1.29 is 0 Å². The van der Waals surface area contributed by atoms with Crippen LogP contribution in [0.5, 0.6) is 0 Å². The molecule has 0 amide bonds. The molecule has 1 saturated heterocycles. The SMILES string of the molecule is [CH2-][P+]1(N(CCCC)p2c(C)c(C)c(C)c2C)[C@H](c2ccccc2)CC[C@H]1c1ccccc1. The van der Waals surface area contributed by atoms with E-state index in [1.54, 1.807) is 10.6 Å². The first-order chi connectivity index (χ1) is 15.4. The Morgan fingerprint density at radius 2 is 1.25 bits per heavy atom. The second-order valence-corrected chi connectivity index (χ2v) is 15.8. The van der Waals surface area contributed by atoms with Crippen molar-refractivity contribution in [1.29, 1.82) is 0 Å². The van der Waals surface area contributed by atoms with Crippen molar-refractivity contribution in [1.82, 2.24) is 0 Å². The number of unbranched alkanes of at least 4 members (excludes halogenated alkanes) is 1. The summed E-state index contributed by atoms with van der Waals surface area (Å²) in [5.41, 5.74) is 7.15. The van der Waals surface area contributed by atoms with Gasteiger partial charge in [-0.25, -0.2) is 0 Å². The second-order valence-electron chi connectivity index (χ2n) is 9.50. The molecule has 1 aliphatic rings. The van der Waals surface area contributed by atoms with E-state index in [-0.39, 0.29) is 0 Å². The van der Waals surface area contributed by atoms with Crippen LogP contribution in [0.4, 0.5) is 0 Å². The summed E-state index contributed by atoms with van der Waals surface area (Å²) in [6.07, 6.45) is 4.97. The van der Waals surface area contributed by atoms with Crippen molar-refractivity contribution in [2.75, 3.05) is 11.0 Å². The quantitative estimate of drug-likeness (QED) is 0.249. The van der Waals surface area contributed by atoms with Gasteiger partial charge in [0.1, 0.15) is 0 Å². The van der Waals surface area contributed by atoms with E-state index in [9.17, 15) is 0 Å². The molecule has 2 aromatic carbocycles. The van der Waals surface area contributed by atoms with E-state index >= 15 is 0 Å². The summed E-state index contributed by atoms with van der Waals surface area (Å²) in [5, 5.41) is 3.22. The van der Waals surface area contributed by atoms with Gasteiger partial charge in [0.15, 0.2) is 0 Å². The number of benzene rings is 2. The molecule has 0 N–H and O–H groups in total. The van der Waals surface area contributed by atoms with Gasteiger partial charge in [-0.05, 0) is 94.9 Å². The molecule has 170 valence electrons. The Hall–Kier alpha value is -1.39. The van der Waals surface area contributed by atoms with E-state index in [1.165, 1.54) is 54.5 Å². The van der Waals surface area contributed by atoms with Gasteiger partial charge in [0.2, 0.25) is 0 Å². The fourth-order valence-electron chi connectivity index (χ4n) is 5.71. The topological polar surface area (TPSA) is 3.24 Å². The fraction of sp³-hybridized carbons (Fsp3) is 0.414. The Kier molecular flexibility index (Phi) is 7.31. The van der Waals surface area contributed by atoms with Crippen LogP contribution in [0.2, 0.25) is 0 Å². The van der Waals surface area contributed by atoms with Crippen molar-refractivity contribution in [3.8, 4) is 0 Å². The molecule has 4 rings (SSSR count). The van der Waals surface area contributed by atoms with E-state index in [0.29, 0.717) is 11.3 Å². The van der Waals surface area contributed by atoms with Gasteiger partial charge < -0.3 is 0 Å². The molecule has 3 heteroatoms. The molecule has 2 heterocycles. The average Bonchev–Trinajstić information content (AvgIpc) is 3.26. The van der Waals surface area contributed by atoms with E-state index < -0.39 is 15.1 Å². The number of nitrogens with zero attached hydrogens (tertiary/aromatic N) is 1. The van der Waals surface area contributed by atoms with Crippen LogP contribution in [-0.4, -0.2) is 6.54 Å². The zero-order chi connectivity index (χ0) is 22.9. The van der Waals surface area contributed by atoms with Crippen molar-refractivity contribution in [3.63, 3.8) is 0 Å². The van der Waals surface area contributed by atoms with Gasteiger partial charge in [0.25, 0.3) is 0 Å². The first-order valence-electron chi connectivity index (χ1n) is 12.2. The molecule has 0 radical (unpaired) electrons. The summed E-state index contributed by atoms with van der Waals surface area (Å²) in [5.74, 6) is 0. The van der Waals surface area contributed by atoms with Crippen LogP contribution >= 0.6 is 15.1 Å². The minimum Gasteiger partial charge on any atom is -0.165 e. The van der Waals surface area contributed by atoms with E-state index in [1.807, 2.05) is 0 Å². The van der Waals surface area contributed by atoms with Gasteiger partial charge in [-0.2, -0.15) is 11.1 Å². The van der Waals surface area contributed by atoms with Crippen molar-refractivity contribution in [2.45, 2.75) is 71.6 Å². The molecule has 0 spiro atoms. The summed E-state index contributed by atoms with van der Waals surface area (Å²) in [7, 11) is -2.19. The molecular weight excluding hydrogens is 424 g/mol. The van der Waals surface area contributed by atoms with Crippen LogP contribution in [0.3, 0.4) is 0 Å². The lowest BCUT2D eigenvalue weighted by Crippen LogP contribution is -2.26. The van der Waals surface area contributed by atoms with Crippen molar-refractivity contribution in [3.05, 3.63) is 100 Å². The summed E-state index contributed by atoms with van der Waals surface area (Å²) in [6, 6.07) is 22.6. The molecule has 0 saturated carbocycles. The summed E-state index contributed by atoms with van der Waals surface area (Å²) in [4.78, 5) is 0. The highest BCUT2D eigenvalue weighted by atomic mass is 31.2.